The number of carbonyl (C=O) groups excluding carboxylic acids is 1. The molecule has 0 spiro atoms. The van der Waals surface area contributed by atoms with Gasteiger partial charge >= 0.3 is 5.97 Å². The third-order valence-electron chi connectivity index (χ3n) is 4.47. The smallest absolute Gasteiger partial charge is 0.310 e. The van der Waals surface area contributed by atoms with Gasteiger partial charge in [0.25, 0.3) is 0 Å². The van der Waals surface area contributed by atoms with Crippen molar-refractivity contribution in [2.75, 3.05) is 0 Å². The van der Waals surface area contributed by atoms with Gasteiger partial charge < -0.3 is 4.74 Å². The van der Waals surface area contributed by atoms with Gasteiger partial charge in [-0.15, -0.1) is 0 Å². The lowest BCUT2D eigenvalue weighted by molar-refractivity contribution is -0.138. The van der Waals surface area contributed by atoms with Crippen molar-refractivity contribution in [2.24, 2.45) is 0 Å². The summed E-state index contributed by atoms with van der Waals surface area (Å²) in [5.74, 6) is -0.123. The Balaban J connectivity index is 3.29. The summed E-state index contributed by atoms with van der Waals surface area (Å²) >= 11 is 0. The predicted octanol–water partition coefficient (Wildman–Crippen LogP) is 8.05. The van der Waals surface area contributed by atoms with Crippen LogP contribution in [0.5, 0.6) is 0 Å². The second-order valence-electron chi connectivity index (χ2n) is 7.03. The maximum Gasteiger partial charge on any atom is 0.310 e. The number of hydrogen-bond donors (Lipinski definition) is 0. The van der Waals surface area contributed by atoms with Crippen LogP contribution >= 0.6 is 0 Å². The summed E-state index contributed by atoms with van der Waals surface area (Å²) < 4.78 is 5.06. The van der Waals surface area contributed by atoms with Crippen LogP contribution in [0.2, 0.25) is 0 Å². The van der Waals surface area contributed by atoms with Crippen molar-refractivity contribution in [3.63, 3.8) is 0 Å². The Morgan fingerprint density at radius 2 is 1.15 bits per heavy atom. The molecule has 0 rings (SSSR count). The van der Waals surface area contributed by atoms with Crippen molar-refractivity contribution in [3.8, 4) is 0 Å². The first kappa shape index (κ1) is 24.7. The van der Waals surface area contributed by atoms with E-state index in [1.54, 1.807) is 6.08 Å². The van der Waals surface area contributed by atoms with Gasteiger partial charge in [0.1, 0.15) is 0 Å². The summed E-state index contributed by atoms with van der Waals surface area (Å²) in [7, 11) is 0. The zero-order valence-corrected chi connectivity index (χ0v) is 17.4. The molecule has 0 heterocycles. The van der Waals surface area contributed by atoms with Gasteiger partial charge in [-0.2, -0.15) is 0 Å². The van der Waals surface area contributed by atoms with Crippen LogP contribution < -0.4 is 0 Å². The molecular weight excluding hydrogens is 320 g/mol. The minimum atomic E-state index is -0.123. The quantitative estimate of drug-likeness (QED) is 0.107. The minimum Gasteiger partial charge on any atom is -0.434 e. The highest BCUT2D eigenvalue weighted by Crippen LogP contribution is 2.13. The molecule has 0 aromatic heterocycles. The Morgan fingerprint density at radius 3 is 1.69 bits per heavy atom. The first-order valence-corrected chi connectivity index (χ1v) is 11.0. The molecule has 0 N–H and O–H groups in total. The molecule has 150 valence electrons. The topological polar surface area (TPSA) is 26.3 Å². The fraction of sp³-hybridized carbons (Fsp3) is 0.708. The lowest BCUT2D eigenvalue weighted by Crippen LogP contribution is -1.98. The van der Waals surface area contributed by atoms with E-state index in [-0.39, 0.29) is 5.97 Å². The average Bonchev–Trinajstić information content (AvgIpc) is 2.64. The molecule has 26 heavy (non-hydrogen) atoms. The van der Waals surface area contributed by atoms with Crippen LogP contribution in [0, 0.1) is 0 Å². The highest BCUT2D eigenvalue weighted by atomic mass is 16.5. The van der Waals surface area contributed by atoms with Gasteiger partial charge in [-0.25, -0.2) is 0 Å². The maximum atomic E-state index is 11.6. The van der Waals surface area contributed by atoms with E-state index in [0.717, 1.165) is 19.3 Å². The zero-order valence-electron chi connectivity index (χ0n) is 17.4. The summed E-state index contributed by atoms with van der Waals surface area (Å²) in [6.45, 7) is 4.37. The Hall–Kier alpha value is -1.31. The number of carbonyl (C=O) groups is 1. The van der Waals surface area contributed by atoms with E-state index in [2.05, 4.69) is 19.9 Å². The van der Waals surface area contributed by atoms with Crippen LogP contribution in [0.3, 0.4) is 0 Å². The molecule has 0 aliphatic rings. The van der Waals surface area contributed by atoms with Crippen LogP contribution in [0.25, 0.3) is 0 Å². The molecule has 0 atom stereocenters. The molecule has 0 saturated carbocycles. The first-order valence-electron chi connectivity index (χ1n) is 11.0. The highest BCUT2D eigenvalue weighted by molar-refractivity contribution is 5.69. The molecule has 0 aromatic carbocycles. The molecule has 2 nitrogen and oxygen atoms in total. The van der Waals surface area contributed by atoms with Crippen molar-refractivity contribution >= 4 is 5.97 Å². The van der Waals surface area contributed by atoms with Gasteiger partial charge in [0.2, 0.25) is 0 Å². The molecular formula is C24H42O2. The van der Waals surface area contributed by atoms with Crippen LogP contribution in [-0.2, 0) is 9.53 Å². The van der Waals surface area contributed by atoms with Gasteiger partial charge in [0, 0.05) is 6.42 Å². The fourth-order valence-corrected chi connectivity index (χ4v) is 2.85. The largest absolute Gasteiger partial charge is 0.434 e. The Morgan fingerprint density at radius 1 is 0.654 bits per heavy atom. The van der Waals surface area contributed by atoms with Crippen molar-refractivity contribution in [1.29, 1.82) is 0 Å². The summed E-state index contributed by atoms with van der Waals surface area (Å²) in [4.78, 5) is 11.6. The molecule has 0 unspecified atom stereocenters. The van der Waals surface area contributed by atoms with Gasteiger partial charge in [-0.3, -0.25) is 4.79 Å². The van der Waals surface area contributed by atoms with Crippen LogP contribution in [0.15, 0.2) is 36.6 Å². The number of hydrogen-bond acceptors (Lipinski definition) is 2. The predicted molar refractivity (Wildman–Crippen MR) is 114 cm³/mol. The number of allylic oxidation sites excluding steroid dienone is 5. The molecule has 0 amide bonds. The Kier molecular flexibility index (Phi) is 20.6. The van der Waals surface area contributed by atoms with Gasteiger partial charge in [0.15, 0.2) is 0 Å². The van der Waals surface area contributed by atoms with Crippen molar-refractivity contribution in [1.82, 2.24) is 0 Å². The van der Waals surface area contributed by atoms with Gasteiger partial charge in [-0.1, -0.05) is 115 Å². The molecule has 2 heteroatoms. The molecule has 0 fully saturated rings. The van der Waals surface area contributed by atoms with E-state index in [4.69, 9.17) is 4.74 Å². The Bertz CT molecular complexity index is 380. The molecule has 0 saturated heterocycles. The summed E-state index contributed by atoms with van der Waals surface area (Å²) in [5.41, 5.74) is 0. The molecule has 0 bridgehead atoms. The Labute approximate surface area is 162 Å². The minimum absolute atomic E-state index is 0.123. The van der Waals surface area contributed by atoms with Crippen LogP contribution in [0.4, 0.5) is 0 Å². The summed E-state index contributed by atoms with van der Waals surface area (Å²) in [5, 5.41) is 0. The van der Waals surface area contributed by atoms with E-state index in [9.17, 15) is 4.79 Å². The van der Waals surface area contributed by atoms with E-state index in [1.165, 1.54) is 76.9 Å². The van der Waals surface area contributed by atoms with Gasteiger partial charge in [-0.05, 0) is 18.9 Å². The van der Waals surface area contributed by atoms with E-state index >= 15 is 0 Å². The monoisotopic (exact) mass is 362 g/mol. The van der Waals surface area contributed by atoms with Crippen molar-refractivity contribution in [2.45, 2.75) is 110 Å². The third kappa shape index (κ3) is 20.7. The lowest BCUT2D eigenvalue weighted by Gasteiger charge is -2.03. The van der Waals surface area contributed by atoms with Crippen LogP contribution in [-0.4, -0.2) is 5.97 Å². The van der Waals surface area contributed by atoms with Crippen LogP contribution in [0.1, 0.15) is 110 Å². The number of esters is 1. The summed E-state index contributed by atoms with van der Waals surface area (Å²) in [6.07, 6.45) is 29.8. The van der Waals surface area contributed by atoms with Crippen molar-refractivity contribution < 1.29 is 9.53 Å². The highest BCUT2D eigenvalue weighted by Gasteiger charge is 2.00. The molecule has 0 aromatic rings. The molecule has 0 aliphatic carbocycles. The summed E-state index contributed by atoms with van der Waals surface area (Å²) in [6, 6.07) is 0. The normalized spacial score (nSPS) is 11.9. The van der Waals surface area contributed by atoms with E-state index in [0.29, 0.717) is 6.42 Å². The maximum absolute atomic E-state index is 11.6. The van der Waals surface area contributed by atoms with Gasteiger partial charge in [0.05, 0.1) is 6.26 Å². The number of ether oxygens (including phenoxy) is 1. The standard InChI is InChI=1S/C24H42O2/c1-3-5-7-9-11-12-13-14-15-16-17-18-20-22-24(25)26-23-21-19-10-8-6-4-2/h6,8,10,19,21,23H,3-5,7,9,11-18,20,22H2,1-2H3. The number of unbranched alkanes of at least 4 members (excludes halogenated alkanes) is 12. The fourth-order valence-electron chi connectivity index (χ4n) is 2.85. The number of rotatable bonds is 18. The second-order valence-corrected chi connectivity index (χ2v) is 7.03. The second kappa shape index (κ2) is 21.7. The SMILES string of the molecule is CCC=CC=CC=COC(=O)CCCCCCCCCCCCCCC. The molecule has 0 aliphatic heterocycles. The average molecular weight is 363 g/mol. The molecule has 0 radical (unpaired) electrons. The third-order valence-corrected chi connectivity index (χ3v) is 4.47. The van der Waals surface area contributed by atoms with Crippen molar-refractivity contribution in [3.05, 3.63) is 36.6 Å². The first-order chi connectivity index (χ1) is 12.8. The van der Waals surface area contributed by atoms with E-state index < -0.39 is 0 Å². The zero-order chi connectivity index (χ0) is 19.1. The van der Waals surface area contributed by atoms with E-state index in [1.807, 2.05) is 18.2 Å². The lowest BCUT2D eigenvalue weighted by atomic mass is 10.0.